The SMILES string of the molecule is CC(CC=O)c1c(C(F)(F)F)ccc2c1OCO2. The number of benzene rings is 1. The molecule has 1 aromatic rings. The third-order valence-corrected chi connectivity index (χ3v) is 2.83. The fraction of sp³-hybridized carbons (Fsp3) is 0.417. The van der Waals surface area contributed by atoms with Gasteiger partial charge >= 0.3 is 6.18 Å². The maximum atomic E-state index is 12.9. The fourth-order valence-corrected chi connectivity index (χ4v) is 1.99. The molecular weight excluding hydrogens is 249 g/mol. The van der Waals surface area contributed by atoms with Gasteiger partial charge in [0.25, 0.3) is 0 Å². The van der Waals surface area contributed by atoms with Crippen molar-refractivity contribution in [3.05, 3.63) is 23.3 Å². The Bertz CT molecular complexity index is 468. The Morgan fingerprint density at radius 1 is 1.39 bits per heavy atom. The van der Waals surface area contributed by atoms with Crippen LogP contribution >= 0.6 is 0 Å². The molecule has 1 aliphatic heterocycles. The van der Waals surface area contributed by atoms with Gasteiger partial charge in [-0.05, 0) is 18.1 Å². The standard InChI is InChI=1S/C12H11F3O3/c1-7(4-5-16)10-8(12(13,14)15)2-3-9-11(10)18-6-17-9/h2-3,5,7H,4,6H2,1H3. The first-order chi connectivity index (χ1) is 8.45. The van der Waals surface area contributed by atoms with E-state index < -0.39 is 17.7 Å². The molecule has 0 radical (unpaired) electrons. The summed E-state index contributed by atoms with van der Waals surface area (Å²) in [6.45, 7) is 1.46. The minimum absolute atomic E-state index is 0.00287. The first-order valence-electron chi connectivity index (χ1n) is 5.38. The zero-order valence-electron chi connectivity index (χ0n) is 9.58. The molecule has 0 amide bonds. The summed E-state index contributed by atoms with van der Waals surface area (Å²) in [7, 11) is 0. The van der Waals surface area contributed by atoms with Crippen LogP contribution in [0.25, 0.3) is 0 Å². The van der Waals surface area contributed by atoms with Crippen LogP contribution in [0.1, 0.15) is 30.4 Å². The first-order valence-corrected chi connectivity index (χ1v) is 5.38. The van der Waals surface area contributed by atoms with Crippen LogP contribution in [0.2, 0.25) is 0 Å². The van der Waals surface area contributed by atoms with Crippen molar-refractivity contribution in [3.63, 3.8) is 0 Å². The van der Waals surface area contributed by atoms with E-state index in [-0.39, 0.29) is 30.3 Å². The quantitative estimate of drug-likeness (QED) is 0.783. The van der Waals surface area contributed by atoms with Gasteiger partial charge in [-0.2, -0.15) is 13.2 Å². The zero-order valence-corrected chi connectivity index (χ0v) is 9.58. The Hall–Kier alpha value is -1.72. The number of aldehydes is 1. The third-order valence-electron chi connectivity index (χ3n) is 2.83. The van der Waals surface area contributed by atoms with Crippen molar-refractivity contribution in [1.82, 2.24) is 0 Å². The second-order valence-corrected chi connectivity index (χ2v) is 4.06. The summed E-state index contributed by atoms with van der Waals surface area (Å²) in [5.74, 6) is -0.189. The molecule has 2 rings (SSSR count). The van der Waals surface area contributed by atoms with Crippen molar-refractivity contribution in [2.24, 2.45) is 0 Å². The summed E-state index contributed by atoms with van der Waals surface area (Å²) in [6, 6.07) is 2.20. The van der Waals surface area contributed by atoms with E-state index in [0.29, 0.717) is 6.29 Å². The Morgan fingerprint density at radius 2 is 2.11 bits per heavy atom. The number of carbonyl (C=O) groups is 1. The van der Waals surface area contributed by atoms with E-state index in [1.54, 1.807) is 6.92 Å². The van der Waals surface area contributed by atoms with E-state index >= 15 is 0 Å². The lowest BCUT2D eigenvalue weighted by molar-refractivity contribution is -0.138. The smallest absolute Gasteiger partial charge is 0.416 e. The lowest BCUT2D eigenvalue weighted by atomic mass is 9.92. The number of carbonyl (C=O) groups excluding carboxylic acids is 1. The molecule has 1 atom stereocenters. The summed E-state index contributed by atoms with van der Waals surface area (Å²) in [5, 5.41) is 0. The number of alkyl halides is 3. The summed E-state index contributed by atoms with van der Waals surface area (Å²) < 4.78 is 49.0. The molecule has 98 valence electrons. The van der Waals surface area contributed by atoms with Crippen LogP contribution < -0.4 is 9.47 Å². The van der Waals surface area contributed by atoms with Crippen molar-refractivity contribution < 1.29 is 27.4 Å². The number of fused-ring (bicyclic) bond motifs is 1. The molecule has 0 aromatic heterocycles. The maximum absolute atomic E-state index is 12.9. The van der Waals surface area contributed by atoms with E-state index in [2.05, 4.69) is 0 Å². The van der Waals surface area contributed by atoms with Crippen molar-refractivity contribution in [1.29, 1.82) is 0 Å². The molecule has 18 heavy (non-hydrogen) atoms. The van der Waals surface area contributed by atoms with Crippen LogP contribution in [0.15, 0.2) is 12.1 Å². The van der Waals surface area contributed by atoms with Gasteiger partial charge in [-0.3, -0.25) is 0 Å². The lowest BCUT2D eigenvalue weighted by Crippen LogP contribution is -2.12. The van der Waals surface area contributed by atoms with Gasteiger partial charge in [0, 0.05) is 12.0 Å². The van der Waals surface area contributed by atoms with Crippen LogP contribution in [-0.2, 0) is 11.0 Å². The molecule has 0 spiro atoms. The average molecular weight is 260 g/mol. The Balaban J connectivity index is 2.57. The van der Waals surface area contributed by atoms with E-state index in [1.165, 1.54) is 6.07 Å². The Labute approximate surface area is 102 Å². The van der Waals surface area contributed by atoms with E-state index in [4.69, 9.17) is 9.47 Å². The topological polar surface area (TPSA) is 35.5 Å². The van der Waals surface area contributed by atoms with Gasteiger partial charge in [0.1, 0.15) is 6.29 Å². The van der Waals surface area contributed by atoms with Crippen LogP contribution in [0.3, 0.4) is 0 Å². The molecule has 3 nitrogen and oxygen atoms in total. The second-order valence-electron chi connectivity index (χ2n) is 4.06. The molecule has 6 heteroatoms. The number of ether oxygens (including phenoxy) is 2. The normalized spacial score (nSPS) is 15.6. The Morgan fingerprint density at radius 3 is 2.72 bits per heavy atom. The molecule has 1 unspecified atom stereocenters. The fourth-order valence-electron chi connectivity index (χ4n) is 1.99. The van der Waals surface area contributed by atoms with Gasteiger partial charge in [-0.25, -0.2) is 0 Å². The molecule has 0 bridgehead atoms. The number of halogens is 3. The van der Waals surface area contributed by atoms with Crippen molar-refractivity contribution in [3.8, 4) is 11.5 Å². The highest BCUT2D eigenvalue weighted by Gasteiger charge is 2.38. The minimum Gasteiger partial charge on any atom is -0.454 e. The number of hydrogen-bond donors (Lipinski definition) is 0. The van der Waals surface area contributed by atoms with Crippen LogP contribution in [0.4, 0.5) is 13.2 Å². The van der Waals surface area contributed by atoms with Gasteiger partial charge in [-0.1, -0.05) is 6.92 Å². The van der Waals surface area contributed by atoms with Gasteiger partial charge in [0.2, 0.25) is 6.79 Å². The largest absolute Gasteiger partial charge is 0.454 e. The average Bonchev–Trinajstić information content (AvgIpc) is 2.74. The van der Waals surface area contributed by atoms with Crippen molar-refractivity contribution >= 4 is 6.29 Å². The van der Waals surface area contributed by atoms with Crippen molar-refractivity contribution in [2.75, 3.05) is 6.79 Å². The van der Waals surface area contributed by atoms with Crippen LogP contribution in [0, 0.1) is 0 Å². The first kappa shape index (κ1) is 12.7. The number of hydrogen-bond acceptors (Lipinski definition) is 3. The van der Waals surface area contributed by atoms with Gasteiger partial charge in [0.05, 0.1) is 5.56 Å². The second kappa shape index (κ2) is 4.51. The summed E-state index contributed by atoms with van der Waals surface area (Å²) in [5.41, 5.74) is -0.786. The van der Waals surface area contributed by atoms with Crippen LogP contribution in [-0.4, -0.2) is 13.1 Å². The molecule has 1 heterocycles. The predicted molar refractivity (Wildman–Crippen MR) is 56.7 cm³/mol. The lowest BCUT2D eigenvalue weighted by Gasteiger charge is -2.18. The summed E-state index contributed by atoms with van der Waals surface area (Å²) >= 11 is 0. The molecule has 0 saturated carbocycles. The highest BCUT2D eigenvalue weighted by Crippen LogP contribution is 2.46. The molecule has 1 aromatic carbocycles. The molecular formula is C12H11F3O3. The van der Waals surface area contributed by atoms with E-state index in [9.17, 15) is 18.0 Å². The molecule has 0 fully saturated rings. The monoisotopic (exact) mass is 260 g/mol. The Kier molecular flexibility index (Phi) is 3.19. The van der Waals surface area contributed by atoms with E-state index in [1.807, 2.05) is 0 Å². The number of rotatable bonds is 3. The molecule has 1 aliphatic rings. The highest BCUT2D eigenvalue weighted by molar-refractivity contribution is 5.58. The van der Waals surface area contributed by atoms with Crippen LogP contribution in [0.5, 0.6) is 11.5 Å². The highest BCUT2D eigenvalue weighted by atomic mass is 19.4. The molecule has 0 aliphatic carbocycles. The minimum atomic E-state index is -4.48. The maximum Gasteiger partial charge on any atom is 0.416 e. The third kappa shape index (κ3) is 2.14. The summed E-state index contributed by atoms with van der Waals surface area (Å²) in [6.07, 6.45) is -3.88. The van der Waals surface area contributed by atoms with Gasteiger partial charge in [-0.15, -0.1) is 0 Å². The summed E-state index contributed by atoms with van der Waals surface area (Å²) in [4.78, 5) is 10.5. The van der Waals surface area contributed by atoms with E-state index in [0.717, 1.165) is 6.07 Å². The predicted octanol–water partition coefficient (Wildman–Crippen LogP) is 3.13. The van der Waals surface area contributed by atoms with Crippen molar-refractivity contribution in [2.45, 2.75) is 25.4 Å². The van der Waals surface area contributed by atoms with Gasteiger partial charge < -0.3 is 14.3 Å². The molecule has 0 N–H and O–H groups in total. The zero-order chi connectivity index (χ0) is 13.3. The molecule has 0 saturated heterocycles. The van der Waals surface area contributed by atoms with Gasteiger partial charge in [0.15, 0.2) is 11.5 Å².